The van der Waals surface area contributed by atoms with Crippen molar-refractivity contribution in [1.82, 2.24) is 5.32 Å². The molecule has 0 radical (unpaired) electrons. The van der Waals surface area contributed by atoms with Gasteiger partial charge in [-0.3, -0.25) is 4.79 Å². The van der Waals surface area contributed by atoms with Crippen LogP contribution in [0.15, 0.2) is 28.7 Å². The number of amides is 1. The minimum absolute atomic E-state index is 0.150. The number of piperidine rings is 1. The summed E-state index contributed by atoms with van der Waals surface area (Å²) in [6.07, 6.45) is 2.95. The first-order valence-corrected chi connectivity index (χ1v) is 6.08. The smallest absolute Gasteiger partial charge is 0.223 e. The van der Waals surface area contributed by atoms with Crippen LogP contribution in [0.1, 0.15) is 18.4 Å². The van der Waals surface area contributed by atoms with Crippen molar-refractivity contribution in [3.05, 3.63) is 34.3 Å². The number of benzene rings is 1. The van der Waals surface area contributed by atoms with Crippen LogP contribution in [0.25, 0.3) is 0 Å². The summed E-state index contributed by atoms with van der Waals surface area (Å²) in [5.74, 6) is 0.356. The lowest BCUT2D eigenvalue weighted by molar-refractivity contribution is -0.126. The topological polar surface area (TPSA) is 29.1 Å². The maximum absolute atomic E-state index is 11.6. The van der Waals surface area contributed by atoms with Gasteiger partial charge in [0.1, 0.15) is 0 Å². The van der Waals surface area contributed by atoms with Gasteiger partial charge in [0.2, 0.25) is 5.91 Å². The molecule has 0 aromatic heterocycles. The van der Waals surface area contributed by atoms with Gasteiger partial charge in [0.15, 0.2) is 0 Å². The third-order valence-electron chi connectivity index (χ3n) is 2.82. The fourth-order valence-electron chi connectivity index (χ4n) is 1.96. The molecular formula is C12H14BrNO. The molecule has 1 saturated heterocycles. The monoisotopic (exact) mass is 267 g/mol. The molecule has 0 spiro atoms. The van der Waals surface area contributed by atoms with Crippen molar-refractivity contribution in [3.63, 3.8) is 0 Å². The van der Waals surface area contributed by atoms with Crippen LogP contribution < -0.4 is 5.32 Å². The molecule has 3 heteroatoms. The molecule has 1 unspecified atom stereocenters. The largest absolute Gasteiger partial charge is 0.356 e. The van der Waals surface area contributed by atoms with Crippen molar-refractivity contribution in [2.75, 3.05) is 6.54 Å². The highest BCUT2D eigenvalue weighted by molar-refractivity contribution is 9.10. The SMILES string of the molecule is O=C1NCCCC1Cc1ccccc1Br. The van der Waals surface area contributed by atoms with E-state index in [0.717, 1.165) is 30.3 Å². The maximum Gasteiger partial charge on any atom is 0.223 e. The Bertz CT molecular complexity index is 364. The van der Waals surface area contributed by atoms with E-state index in [2.05, 4.69) is 27.3 Å². The molecule has 0 saturated carbocycles. The van der Waals surface area contributed by atoms with Gasteiger partial charge in [0.05, 0.1) is 0 Å². The summed E-state index contributed by atoms with van der Waals surface area (Å²) in [5, 5.41) is 2.92. The maximum atomic E-state index is 11.6. The zero-order chi connectivity index (χ0) is 10.7. The van der Waals surface area contributed by atoms with Gasteiger partial charge >= 0.3 is 0 Å². The molecule has 1 N–H and O–H groups in total. The van der Waals surface area contributed by atoms with E-state index in [1.54, 1.807) is 0 Å². The Hall–Kier alpha value is -0.830. The molecule has 1 aliphatic rings. The molecule has 1 amide bonds. The van der Waals surface area contributed by atoms with E-state index in [0.29, 0.717) is 0 Å². The molecule has 1 heterocycles. The number of carbonyl (C=O) groups is 1. The molecule has 0 bridgehead atoms. The summed E-state index contributed by atoms with van der Waals surface area (Å²) in [7, 11) is 0. The molecule has 1 aromatic carbocycles. The van der Waals surface area contributed by atoms with Crippen molar-refractivity contribution in [2.45, 2.75) is 19.3 Å². The molecule has 15 heavy (non-hydrogen) atoms. The van der Waals surface area contributed by atoms with E-state index >= 15 is 0 Å². The van der Waals surface area contributed by atoms with E-state index in [-0.39, 0.29) is 11.8 Å². The Morgan fingerprint density at radius 2 is 2.20 bits per heavy atom. The Kier molecular flexibility index (Phi) is 3.41. The normalized spacial score (nSPS) is 21.1. The first-order valence-electron chi connectivity index (χ1n) is 5.28. The second kappa shape index (κ2) is 4.79. The number of rotatable bonds is 2. The van der Waals surface area contributed by atoms with Crippen molar-refractivity contribution < 1.29 is 4.79 Å². The van der Waals surface area contributed by atoms with E-state index in [9.17, 15) is 4.79 Å². The lowest BCUT2D eigenvalue weighted by Crippen LogP contribution is -2.37. The van der Waals surface area contributed by atoms with Crippen LogP contribution in [-0.4, -0.2) is 12.5 Å². The van der Waals surface area contributed by atoms with Gasteiger partial charge in [0, 0.05) is 16.9 Å². The number of hydrogen-bond acceptors (Lipinski definition) is 1. The van der Waals surface area contributed by atoms with Crippen molar-refractivity contribution >= 4 is 21.8 Å². The molecule has 1 fully saturated rings. The highest BCUT2D eigenvalue weighted by Gasteiger charge is 2.22. The predicted molar refractivity (Wildman–Crippen MR) is 63.6 cm³/mol. The highest BCUT2D eigenvalue weighted by atomic mass is 79.9. The molecule has 80 valence electrons. The van der Waals surface area contributed by atoms with Gasteiger partial charge in [0.25, 0.3) is 0 Å². The van der Waals surface area contributed by atoms with Crippen molar-refractivity contribution in [1.29, 1.82) is 0 Å². The summed E-state index contributed by atoms with van der Waals surface area (Å²) in [5.41, 5.74) is 1.22. The summed E-state index contributed by atoms with van der Waals surface area (Å²) in [6, 6.07) is 8.11. The fourth-order valence-corrected chi connectivity index (χ4v) is 2.41. The fraction of sp³-hybridized carbons (Fsp3) is 0.417. The van der Waals surface area contributed by atoms with Crippen LogP contribution in [-0.2, 0) is 11.2 Å². The van der Waals surface area contributed by atoms with Crippen molar-refractivity contribution in [3.8, 4) is 0 Å². The molecule has 1 aliphatic heterocycles. The molecule has 2 nitrogen and oxygen atoms in total. The first-order chi connectivity index (χ1) is 7.27. The van der Waals surface area contributed by atoms with Gasteiger partial charge in [-0.15, -0.1) is 0 Å². The zero-order valence-electron chi connectivity index (χ0n) is 8.50. The molecule has 1 aromatic rings. The van der Waals surface area contributed by atoms with Gasteiger partial charge < -0.3 is 5.32 Å². The van der Waals surface area contributed by atoms with Gasteiger partial charge in [-0.1, -0.05) is 34.1 Å². The van der Waals surface area contributed by atoms with Crippen LogP contribution >= 0.6 is 15.9 Å². The zero-order valence-corrected chi connectivity index (χ0v) is 10.1. The lowest BCUT2D eigenvalue weighted by atomic mass is 9.92. The third-order valence-corrected chi connectivity index (χ3v) is 3.60. The molecular weight excluding hydrogens is 254 g/mol. The van der Waals surface area contributed by atoms with Crippen LogP contribution in [0.2, 0.25) is 0 Å². The Labute approximate surface area is 98.2 Å². The number of nitrogens with one attached hydrogen (secondary N) is 1. The van der Waals surface area contributed by atoms with Crippen LogP contribution in [0.3, 0.4) is 0 Å². The number of hydrogen-bond donors (Lipinski definition) is 1. The summed E-state index contributed by atoms with van der Waals surface area (Å²) < 4.78 is 1.10. The minimum Gasteiger partial charge on any atom is -0.356 e. The van der Waals surface area contributed by atoms with E-state index in [1.807, 2.05) is 18.2 Å². The molecule has 1 atom stereocenters. The van der Waals surface area contributed by atoms with E-state index < -0.39 is 0 Å². The van der Waals surface area contributed by atoms with Crippen molar-refractivity contribution in [2.24, 2.45) is 5.92 Å². The second-order valence-electron chi connectivity index (χ2n) is 3.93. The third kappa shape index (κ3) is 2.59. The first kappa shape index (κ1) is 10.7. The Morgan fingerprint density at radius 3 is 2.93 bits per heavy atom. The quantitative estimate of drug-likeness (QED) is 0.877. The Balaban J connectivity index is 2.08. The van der Waals surface area contributed by atoms with Crippen LogP contribution in [0, 0.1) is 5.92 Å². The highest BCUT2D eigenvalue weighted by Crippen LogP contribution is 2.23. The summed E-state index contributed by atoms with van der Waals surface area (Å²) >= 11 is 3.51. The van der Waals surface area contributed by atoms with E-state index in [4.69, 9.17) is 0 Å². The second-order valence-corrected chi connectivity index (χ2v) is 4.78. The molecule has 0 aliphatic carbocycles. The van der Waals surface area contributed by atoms with Gasteiger partial charge in [-0.25, -0.2) is 0 Å². The van der Waals surface area contributed by atoms with Crippen LogP contribution in [0.5, 0.6) is 0 Å². The standard InChI is InChI=1S/C12H14BrNO/c13-11-6-2-1-4-9(11)8-10-5-3-7-14-12(10)15/h1-2,4,6,10H,3,5,7-8H2,(H,14,15). The predicted octanol–water partition coefficient (Wildman–Crippen LogP) is 2.52. The summed E-state index contributed by atoms with van der Waals surface area (Å²) in [4.78, 5) is 11.6. The van der Waals surface area contributed by atoms with Gasteiger partial charge in [-0.05, 0) is 30.9 Å². The van der Waals surface area contributed by atoms with Gasteiger partial charge in [-0.2, -0.15) is 0 Å². The number of carbonyl (C=O) groups excluding carboxylic acids is 1. The van der Waals surface area contributed by atoms with E-state index in [1.165, 1.54) is 5.56 Å². The summed E-state index contributed by atoms with van der Waals surface area (Å²) in [6.45, 7) is 0.839. The lowest BCUT2D eigenvalue weighted by Gasteiger charge is -2.22. The molecule has 2 rings (SSSR count). The Morgan fingerprint density at radius 1 is 1.40 bits per heavy atom. The number of halogens is 1. The average molecular weight is 268 g/mol. The minimum atomic E-state index is 0.150. The average Bonchev–Trinajstić information content (AvgIpc) is 2.24. The van der Waals surface area contributed by atoms with Crippen LogP contribution in [0.4, 0.5) is 0 Å².